The number of hydrogen-bond acceptors (Lipinski definition) is 5. The minimum absolute atomic E-state index is 0.298. The molecule has 0 aliphatic carbocycles. The smallest absolute Gasteiger partial charge is 0.323 e. The lowest BCUT2D eigenvalue weighted by atomic mass is 10.1. The van der Waals surface area contributed by atoms with Crippen LogP contribution in [0.15, 0.2) is 12.5 Å². The second kappa shape index (κ2) is 5.86. The summed E-state index contributed by atoms with van der Waals surface area (Å²) in [4.78, 5) is 28.4. The zero-order chi connectivity index (χ0) is 12.0. The van der Waals surface area contributed by atoms with Crippen molar-refractivity contribution in [3.63, 3.8) is 0 Å². The third kappa shape index (κ3) is 3.70. The van der Waals surface area contributed by atoms with Gasteiger partial charge in [0, 0.05) is 18.3 Å². The molecule has 0 fully saturated rings. The van der Waals surface area contributed by atoms with Crippen LogP contribution in [-0.2, 0) is 20.7 Å². The highest BCUT2D eigenvalue weighted by molar-refractivity contribution is 5.77. The Morgan fingerprint density at radius 3 is 2.94 bits per heavy atom. The first kappa shape index (κ1) is 12.2. The van der Waals surface area contributed by atoms with E-state index in [1.807, 2.05) is 0 Å². The van der Waals surface area contributed by atoms with E-state index in [0.29, 0.717) is 6.42 Å². The van der Waals surface area contributed by atoms with Crippen LogP contribution in [0.4, 0.5) is 0 Å². The number of nitrogens with one attached hydrogen (secondary N) is 2. The maximum atomic E-state index is 11.3. The first-order valence-electron chi connectivity index (χ1n) is 4.63. The summed E-state index contributed by atoms with van der Waals surface area (Å²) in [6.07, 6.45) is 3.36. The van der Waals surface area contributed by atoms with Gasteiger partial charge in [0.1, 0.15) is 6.04 Å². The summed E-state index contributed by atoms with van der Waals surface area (Å²) in [6.45, 7) is -0.298. The molecule has 0 spiro atoms. The summed E-state index contributed by atoms with van der Waals surface area (Å²) in [5.74, 6) is -1.53. The molecule has 0 amide bonds. The number of imidazole rings is 1. The van der Waals surface area contributed by atoms with Crippen LogP contribution in [0.25, 0.3) is 0 Å². The highest BCUT2D eigenvalue weighted by Crippen LogP contribution is 2.00. The Morgan fingerprint density at radius 1 is 1.69 bits per heavy atom. The summed E-state index contributed by atoms with van der Waals surface area (Å²) in [7, 11) is 1.25. The first-order valence-corrected chi connectivity index (χ1v) is 4.63. The molecule has 1 heterocycles. The van der Waals surface area contributed by atoms with Crippen molar-refractivity contribution in [3.05, 3.63) is 18.2 Å². The number of esters is 1. The molecule has 0 unspecified atom stereocenters. The number of H-pyrrole nitrogens is 1. The second-order valence-corrected chi connectivity index (χ2v) is 3.13. The standard InChI is InChI=1S/C9H13N3O4/c1-16-9(15)7(11-4-8(13)14)2-6-3-10-5-12-6/h3,5,7,11H,2,4H2,1H3,(H,10,12)(H,13,14)/t7-/m0/s1. The van der Waals surface area contributed by atoms with Crippen LogP contribution >= 0.6 is 0 Å². The largest absolute Gasteiger partial charge is 0.480 e. The highest BCUT2D eigenvalue weighted by Gasteiger charge is 2.20. The quantitative estimate of drug-likeness (QED) is 0.548. The third-order valence-electron chi connectivity index (χ3n) is 1.96. The zero-order valence-electron chi connectivity index (χ0n) is 8.77. The molecule has 0 bridgehead atoms. The van der Waals surface area contributed by atoms with E-state index in [4.69, 9.17) is 5.11 Å². The summed E-state index contributed by atoms with van der Waals surface area (Å²) in [5, 5.41) is 11.1. The summed E-state index contributed by atoms with van der Waals surface area (Å²) >= 11 is 0. The van der Waals surface area contributed by atoms with E-state index >= 15 is 0 Å². The molecule has 1 rings (SSSR count). The number of aromatic nitrogens is 2. The molecule has 0 radical (unpaired) electrons. The molecule has 3 N–H and O–H groups in total. The lowest BCUT2D eigenvalue weighted by Gasteiger charge is -2.13. The van der Waals surface area contributed by atoms with Crippen LogP contribution in [0.5, 0.6) is 0 Å². The summed E-state index contributed by atoms with van der Waals surface area (Å²) in [5.41, 5.74) is 0.730. The van der Waals surface area contributed by atoms with Gasteiger partial charge in [0.05, 0.1) is 20.0 Å². The Balaban J connectivity index is 2.56. The van der Waals surface area contributed by atoms with Crippen LogP contribution in [0.2, 0.25) is 0 Å². The number of hydrogen-bond donors (Lipinski definition) is 3. The molecule has 1 aromatic rings. The number of carbonyl (C=O) groups excluding carboxylic acids is 1. The van der Waals surface area contributed by atoms with Gasteiger partial charge in [0.2, 0.25) is 0 Å². The Kier molecular flexibility index (Phi) is 4.46. The van der Waals surface area contributed by atoms with Gasteiger partial charge in [-0.1, -0.05) is 0 Å². The van der Waals surface area contributed by atoms with Crippen molar-refractivity contribution in [3.8, 4) is 0 Å². The number of carboxylic acid groups (broad SMARTS) is 1. The number of carboxylic acids is 1. The van der Waals surface area contributed by atoms with Gasteiger partial charge in [-0.15, -0.1) is 0 Å². The highest BCUT2D eigenvalue weighted by atomic mass is 16.5. The van der Waals surface area contributed by atoms with Gasteiger partial charge in [-0.05, 0) is 0 Å². The van der Waals surface area contributed by atoms with Crippen molar-refractivity contribution in [2.24, 2.45) is 0 Å². The van der Waals surface area contributed by atoms with Crippen molar-refractivity contribution < 1.29 is 19.4 Å². The average Bonchev–Trinajstić information content (AvgIpc) is 2.75. The van der Waals surface area contributed by atoms with Crippen molar-refractivity contribution in [2.75, 3.05) is 13.7 Å². The molecule has 0 saturated heterocycles. The topological polar surface area (TPSA) is 104 Å². The maximum Gasteiger partial charge on any atom is 0.323 e. The SMILES string of the molecule is COC(=O)[C@H](Cc1cnc[nH]1)NCC(=O)O. The molecular weight excluding hydrogens is 214 g/mol. The van der Waals surface area contributed by atoms with E-state index in [2.05, 4.69) is 20.0 Å². The molecule has 0 saturated carbocycles. The van der Waals surface area contributed by atoms with E-state index in [9.17, 15) is 9.59 Å². The Morgan fingerprint density at radius 2 is 2.44 bits per heavy atom. The van der Waals surface area contributed by atoms with Crippen LogP contribution in [-0.4, -0.2) is 46.7 Å². The number of rotatable bonds is 6. The molecular formula is C9H13N3O4. The minimum Gasteiger partial charge on any atom is -0.480 e. The van der Waals surface area contributed by atoms with Crippen LogP contribution in [0, 0.1) is 0 Å². The lowest BCUT2D eigenvalue weighted by molar-refractivity contribution is -0.143. The summed E-state index contributed by atoms with van der Waals surface area (Å²) < 4.78 is 4.56. The molecule has 0 aromatic carbocycles. The van der Waals surface area contributed by atoms with E-state index in [-0.39, 0.29) is 6.54 Å². The van der Waals surface area contributed by atoms with Crippen molar-refractivity contribution in [1.82, 2.24) is 15.3 Å². The Labute approximate surface area is 91.8 Å². The Hall–Kier alpha value is -1.89. The monoisotopic (exact) mass is 227 g/mol. The molecule has 0 aliphatic rings. The summed E-state index contributed by atoms with van der Waals surface area (Å²) in [6, 6.07) is -0.693. The van der Waals surface area contributed by atoms with Crippen molar-refractivity contribution in [2.45, 2.75) is 12.5 Å². The number of carbonyl (C=O) groups is 2. The van der Waals surface area contributed by atoms with E-state index in [1.165, 1.54) is 13.4 Å². The Bertz CT molecular complexity index is 350. The van der Waals surface area contributed by atoms with Gasteiger partial charge >= 0.3 is 11.9 Å². The van der Waals surface area contributed by atoms with Crippen molar-refractivity contribution >= 4 is 11.9 Å². The number of aromatic amines is 1. The lowest BCUT2D eigenvalue weighted by Crippen LogP contribution is -2.42. The molecule has 1 atom stereocenters. The molecule has 16 heavy (non-hydrogen) atoms. The van der Waals surface area contributed by atoms with Crippen LogP contribution < -0.4 is 5.32 Å². The maximum absolute atomic E-state index is 11.3. The normalized spacial score (nSPS) is 12.1. The van der Waals surface area contributed by atoms with Gasteiger partial charge in [0.15, 0.2) is 0 Å². The predicted octanol–water partition coefficient (Wildman–Crippen LogP) is -0.832. The molecule has 88 valence electrons. The van der Waals surface area contributed by atoms with E-state index < -0.39 is 18.0 Å². The van der Waals surface area contributed by atoms with Crippen molar-refractivity contribution in [1.29, 1.82) is 0 Å². The number of ether oxygens (including phenoxy) is 1. The fourth-order valence-electron chi connectivity index (χ4n) is 1.21. The number of nitrogens with zero attached hydrogens (tertiary/aromatic N) is 1. The van der Waals surface area contributed by atoms with Gasteiger partial charge < -0.3 is 14.8 Å². The molecule has 1 aromatic heterocycles. The average molecular weight is 227 g/mol. The predicted molar refractivity (Wildman–Crippen MR) is 53.7 cm³/mol. The number of aliphatic carboxylic acids is 1. The number of methoxy groups -OCH3 is 1. The minimum atomic E-state index is -1.03. The van der Waals surface area contributed by atoms with Gasteiger partial charge in [-0.2, -0.15) is 0 Å². The van der Waals surface area contributed by atoms with Crippen LogP contribution in [0.3, 0.4) is 0 Å². The first-order chi connectivity index (χ1) is 7.63. The van der Waals surface area contributed by atoms with Gasteiger partial charge in [-0.25, -0.2) is 4.98 Å². The fourth-order valence-corrected chi connectivity index (χ4v) is 1.21. The second-order valence-electron chi connectivity index (χ2n) is 3.13. The van der Waals surface area contributed by atoms with E-state index in [1.54, 1.807) is 6.20 Å². The zero-order valence-corrected chi connectivity index (χ0v) is 8.77. The van der Waals surface area contributed by atoms with Crippen LogP contribution in [0.1, 0.15) is 5.69 Å². The molecule has 7 heteroatoms. The van der Waals surface area contributed by atoms with Gasteiger partial charge in [0.25, 0.3) is 0 Å². The third-order valence-corrected chi connectivity index (χ3v) is 1.96. The molecule has 7 nitrogen and oxygen atoms in total. The fraction of sp³-hybridized carbons (Fsp3) is 0.444. The molecule has 0 aliphatic heterocycles. The van der Waals surface area contributed by atoms with E-state index in [0.717, 1.165) is 5.69 Å². The van der Waals surface area contributed by atoms with Gasteiger partial charge in [-0.3, -0.25) is 14.9 Å².